The van der Waals surface area contributed by atoms with Gasteiger partial charge >= 0.3 is 0 Å². The van der Waals surface area contributed by atoms with Crippen molar-refractivity contribution in [3.8, 4) is 11.1 Å². The summed E-state index contributed by atoms with van der Waals surface area (Å²) < 4.78 is 0. The van der Waals surface area contributed by atoms with Crippen LogP contribution in [0, 0.1) is 0 Å². The summed E-state index contributed by atoms with van der Waals surface area (Å²) in [5.41, 5.74) is 5.02. The van der Waals surface area contributed by atoms with Crippen molar-refractivity contribution in [2.75, 3.05) is 13.1 Å². The van der Waals surface area contributed by atoms with E-state index in [0.29, 0.717) is 13.1 Å². The normalized spacial score (nSPS) is 12.8. The molecule has 0 saturated heterocycles. The minimum atomic E-state index is 0.0364. The average molecular weight is 266 g/mol. The number of benzene rings is 2. The molecule has 3 heteroatoms. The van der Waals surface area contributed by atoms with Crippen LogP contribution in [0.3, 0.4) is 0 Å². The number of amides is 1. The van der Waals surface area contributed by atoms with Gasteiger partial charge in [-0.25, -0.2) is 0 Å². The molecule has 1 amide bonds. The molecule has 0 fully saturated rings. The first-order chi connectivity index (χ1) is 9.81. The van der Waals surface area contributed by atoms with Gasteiger partial charge in [-0.1, -0.05) is 48.5 Å². The lowest BCUT2D eigenvalue weighted by atomic mass is 10.1. The molecule has 0 saturated carbocycles. The van der Waals surface area contributed by atoms with E-state index >= 15 is 0 Å². The van der Waals surface area contributed by atoms with Gasteiger partial charge in [0.25, 0.3) is 0 Å². The Morgan fingerprint density at radius 3 is 2.10 bits per heavy atom. The minimum Gasteiger partial charge on any atom is -0.355 e. The summed E-state index contributed by atoms with van der Waals surface area (Å²) in [6.45, 7) is 2.93. The summed E-state index contributed by atoms with van der Waals surface area (Å²) in [5.74, 6) is 0.0364. The number of fused-ring (bicyclic) bond motifs is 3. The van der Waals surface area contributed by atoms with Crippen molar-refractivity contribution < 1.29 is 4.79 Å². The van der Waals surface area contributed by atoms with Gasteiger partial charge in [0.05, 0.1) is 12.6 Å². The number of carbonyl (C=O) groups excluding carboxylic acids is 1. The van der Waals surface area contributed by atoms with E-state index in [9.17, 15) is 4.79 Å². The van der Waals surface area contributed by atoms with E-state index in [2.05, 4.69) is 47.0 Å². The lowest BCUT2D eigenvalue weighted by molar-refractivity contribution is -0.120. The molecule has 2 aromatic rings. The molecule has 0 unspecified atom stereocenters. The summed E-state index contributed by atoms with van der Waals surface area (Å²) in [6, 6.07) is 16.9. The van der Waals surface area contributed by atoms with Crippen LogP contribution in [0.25, 0.3) is 11.1 Å². The predicted octanol–water partition coefficient (Wildman–Crippen LogP) is 2.48. The molecule has 20 heavy (non-hydrogen) atoms. The molecule has 0 radical (unpaired) electrons. The molecule has 0 spiro atoms. The quantitative estimate of drug-likeness (QED) is 0.892. The van der Waals surface area contributed by atoms with Gasteiger partial charge < -0.3 is 5.32 Å². The third kappa shape index (κ3) is 2.21. The number of likely N-dealkylation sites (N-methyl/N-ethyl adjacent to an activating group) is 1. The Morgan fingerprint density at radius 2 is 1.55 bits per heavy atom. The standard InChI is InChI=1S/C17H18N2O/c1-2-18-16(20)11-19-17-14-9-5-3-7-12(14)13-8-4-6-10-15(13)17/h3-10,17,19H,2,11H2,1H3,(H,18,20). The summed E-state index contributed by atoms with van der Waals surface area (Å²) >= 11 is 0. The fraction of sp³-hybridized carbons (Fsp3) is 0.235. The number of hydrogen-bond donors (Lipinski definition) is 2. The van der Waals surface area contributed by atoms with Crippen LogP contribution in [0.5, 0.6) is 0 Å². The highest BCUT2D eigenvalue weighted by atomic mass is 16.1. The highest BCUT2D eigenvalue weighted by Crippen LogP contribution is 2.42. The van der Waals surface area contributed by atoms with Gasteiger partial charge in [0.15, 0.2) is 0 Å². The fourth-order valence-electron chi connectivity index (χ4n) is 2.83. The van der Waals surface area contributed by atoms with Crippen LogP contribution in [0.15, 0.2) is 48.5 Å². The van der Waals surface area contributed by atoms with Crippen LogP contribution in [-0.4, -0.2) is 19.0 Å². The fourth-order valence-corrected chi connectivity index (χ4v) is 2.83. The molecule has 3 nitrogen and oxygen atoms in total. The first-order valence-corrected chi connectivity index (χ1v) is 6.99. The molecule has 0 aliphatic heterocycles. The molecule has 3 rings (SSSR count). The topological polar surface area (TPSA) is 41.1 Å². The molecule has 1 aliphatic carbocycles. The molecule has 2 N–H and O–H groups in total. The first kappa shape index (κ1) is 12.9. The average Bonchev–Trinajstić information content (AvgIpc) is 2.80. The van der Waals surface area contributed by atoms with E-state index in [4.69, 9.17) is 0 Å². The van der Waals surface area contributed by atoms with Crippen molar-refractivity contribution in [2.45, 2.75) is 13.0 Å². The van der Waals surface area contributed by atoms with Crippen molar-refractivity contribution in [1.82, 2.24) is 10.6 Å². The molecular weight excluding hydrogens is 248 g/mol. The Bertz CT molecular complexity index is 591. The van der Waals surface area contributed by atoms with Gasteiger partial charge in [-0.15, -0.1) is 0 Å². The van der Waals surface area contributed by atoms with Gasteiger partial charge in [-0.05, 0) is 29.2 Å². The van der Waals surface area contributed by atoms with E-state index in [-0.39, 0.29) is 11.9 Å². The molecule has 2 aromatic carbocycles. The van der Waals surface area contributed by atoms with E-state index in [0.717, 1.165) is 0 Å². The predicted molar refractivity (Wildman–Crippen MR) is 80.4 cm³/mol. The van der Waals surface area contributed by atoms with Crippen LogP contribution >= 0.6 is 0 Å². The molecule has 1 aliphatic rings. The largest absolute Gasteiger partial charge is 0.355 e. The Hall–Kier alpha value is -2.13. The van der Waals surface area contributed by atoms with E-state index in [1.807, 2.05) is 19.1 Å². The number of rotatable bonds is 4. The maximum absolute atomic E-state index is 11.7. The Balaban J connectivity index is 1.89. The zero-order valence-electron chi connectivity index (χ0n) is 11.5. The molecule has 0 atom stereocenters. The Kier molecular flexibility index (Phi) is 3.52. The van der Waals surface area contributed by atoms with Gasteiger partial charge in [-0.2, -0.15) is 0 Å². The second-order valence-electron chi connectivity index (χ2n) is 4.94. The summed E-state index contributed by atoms with van der Waals surface area (Å²) in [6.07, 6.45) is 0. The van der Waals surface area contributed by atoms with Crippen LogP contribution in [0.2, 0.25) is 0 Å². The minimum absolute atomic E-state index is 0.0364. The highest BCUT2D eigenvalue weighted by molar-refractivity contribution is 5.80. The van der Waals surface area contributed by atoms with E-state index in [1.165, 1.54) is 22.3 Å². The summed E-state index contributed by atoms with van der Waals surface area (Å²) in [5, 5.41) is 6.18. The second-order valence-corrected chi connectivity index (χ2v) is 4.94. The maximum Gasteiger partial charge on any atom is 0.233 e. The SMILES string of the molecule is CCNC(=O)CNC1c2ccccc2-c2ccccc21. The Labute approximate surface area is 119 Å². The first-order valence-electron chi connectivity index (χ1n) is 6.99. The number of hydrogen-bond acceptors (Lipinski definition) is 2. The van der Waals surface area contributed by atoms with Crippen molar-refractivity contribution in [3.63, 3.8) is 0 Å². The van der Waals surface area contributed by atoms with Crippen LogP contribution in [0.1, 0.15) is 24.1 Å². The summed E-state index contributed by atoms with van der Waals surface area (Å²) in [4.78, 5) is 11.7. The van der Waals surface area contributed by atoms with Gasteiger partial charge in [0.2, 0.25) is 5.91 Å². The van der Waals surface area contributed by atoms with Gasteiger partial charge in [0.1, 0.15) is 0 Å². The van der Waals surface area contributed by atoms with Gasteiger partial charge in [0, 0.05) is 6.54 Å². The van der Waals surface area contributed by atoms with E-state index < -0.39 is 0 Å². The third-order valence-corrected chi connectivity index (χ3v) is 3.67. The number of carbonyl (C=O) groups is 1. The van der Waals surface area contributed by atoms with Crippen molar-refractivity contribution in [3.05, 3.63) is 59.7 Å². The number of nitrogens with one attached hydrogen (secondary N) is 2. The van der Waals surface area contributed by atoms with E-state index in [1.54, 1.807) is 0 Å². The maximum atomic E-state index is 11.7. The molecule has 0 aromatic heterocycles. The van der Waals surface area contributed by atoms with Crippen molar-refractivity contribution in [2.24, 2.45) is 0 Å². The molecule has 0 heterocycles. The third-order valence-electron chi connectivity index (χ3n) is 3.67. The van der Waals surface area contributed by atoms with Gasteiger partial charge in [-0.3, -0.25) is 10.1 Å². The smallest absolute Gasteiger partial charge is 0.233 e. The zero-order chi connectivity index (χ0) is 13.9. The Morgan fingerprint density at radius 1 is 1.00 bits per heavy atom. The van der Waals surface area contributed by atoms with Crippen LogP contribution < -0.4 is 10.6 Å². The molecular formula is C17H18N2O. The lowest BCUT2D eigenvalue weighted by Gasteiger charge is -2.15. The second kappa shape index (κ2) is 5.47. The lowest BCUT2D eigenvalue weighted by Crippen LogP contribution is -2.35. The van der Waals surface area contributed by atoms with Crippen molar-refractivity contribution >= 4 is 5.91 Å². The molecule has 102 valence electrons. The van der Waals surface area contributed by atoms with Crippen LogP contribution in [0.4, 0.5) is 0 Å². The monoisotopic (exact) mass is 266 g/mol. The zero-order valence-corrected chi connectivity index (χ0v) is 11.5. The van der Waals surface area contributed by atoms with Crippen molar-refractivity contribution in [1.29, 1.82) is 0 Å². The summed E-state index contributed by atoms with van der Waals surface area (Å²) in [7, 11) is 0. The van der Waals surface area contributed by atoms with Crippen LogP contribution in [-0.2, 0) is 4.79 Å². The molecule has 0 bridgehead atoms. The highest BCUT2D eigenvalue weighted by Gasteiger charge is 2.27.